The maximum atomic E-state index is 12.4. The minimum atomic E-state index is -3.51. The van der Waals surface area contributed by atoms with E-state index >= 15 is 0 Å². The summed E-state index contributed by atoms with van der Waals surface area (Å²) in [6.07, 6.45) is 4.63. The van der Waals surface area contributed by atoms with Gasteiger partial charge in [0, 0.05) is 25.6 Å². The summed E-state index contributed by atoms with van der Waals surface area (Å²) in [6.45, 7) is 0.726. The van der Waals surface area contributed by atoms with Crippen LogP contribution in [0.2, 0.25) is 0 Å². The van der Waals surface area contributed by atoms with Gasteiger partial charge in [-0.3, -0.25) is 9.59 Å². The van der Waals surface area contributed by atoms with E-state index in [-0.39, 0.29) is 35.6 Å². The van der Waals surface area contributed by atoms with Crippen molar-refractivity contribution < 1.29 is 18.0 Å². The van der Waals surface area contributed by atoms with E-state index in [1.165, 1.54) is 19.2 Å². The summed E-state index contributed by atoms with van der Waals surface area (Å²) in [7, 11) is -2.15. The van der Waals surface area contributed by atoms with Gasteiger partial charge < -0.3 is 10.2 Å². The van der Waals surface area contributed by atoms with E-state index < -0.39 is 10.0 Å². The molecule has 26 heavy (non-hydrogen) atoms. The number of carbonyl (C=O) groups excluding carboxylic acids is 2. The van der Waals surface area contributed by atoms with Crippen molar-refractivity contribution in [3.05, 3.63) is 29.8 Å². The van der Waals surface area contributed by atoms with Crippen LogP contribution in [0.5, 0.6) is 0 Å². The molecule has 1 heterocycles. The van der Waals surface area contributed by atoms with Gasteiger partial charge in [-0.15, -0.1) is 0 Å². The highest BCUT2D eigenvalue weighted by molar-refractivity contribution is 7.89. The van der Waals surface area contributed by atoms with Gasteiger partial charge in [-0.1, -0.05) is 25.0 Å². The highest BCUT2D eigenvalue weighted by atomic mass is 32.2. The summed E-state index contributed by atoms with van der Waals surface area (Å²) in [5.74, 6) is -0.410. The maximum absolute atomic E-state index is 12.4. The zero-order valence-corrected chi connectivity index (χ0v) is 15.7. The SMILES string of the molecule is CNS(=O)(=O)c1cccc(CNC(=O)C2CC(=O)N(C3CCCC3)C2)c1. The Kier molecular flexibility index (Phi) is 5.62. The molecule has 1 aliphatic carbocycles. The predicted molar refractivity (Wildman–Crippen MR) is 96.6 cm³/mol. The molecule has 0 bridgehead atoms. The van der Waals surface area contributed by atoms with Gasteiger partial charge in [0.25, 0.3) is 0 Å². The minimum absolute atomic E-state index is 0.0687. The molecule has 1 unspecified atom stereocenters. The minimum Gasteiger partial charge on any atom is -0.352 e. The molecule has 1 aromatic rings. The monoisotopic (exact) mass is 379 g/mol. The number of hydrogen-bond acceptors (Lipinski definition) is 4. The largest absolute Gasteiger partial charge is 0.352 e. The Hall–Kier alpha value is -1.93. The van der Waals surface area contributed by atoms with Crippen LogP contribution in [0.3, 0.4) is 0 Å². The second-order valence-electron chi connectivity index (χ2n) is 6.96. The fourth-order valence-corrected chi connectivity index (χ4v) is 4.55. The first-order valence-corrected chi connectivity index (χ1v) is 10.5. The van der Waals surface area contributed by atoms with Crippen LogP contribution in [0.4, 0.5) is 0 Å². The lowest BCUT2D eigenvalue weighted by Gasteiger charge is -2.23. The molecule has 1 atom stereocenters. The van der Waals surface area contributed by atoms with Crippen molar-refractivity contribution >= 4 is 21.8 Å². The molecular weight excluding hydrogens is 354 g/mol. The summed E-state index contributed by atoms with van der Waals surface area (Å²) >= 11 is 0. The molecule has 142 valence electrons. The fraction of sp³-hybridized carbons (Fsp3) is 0.556. The average Bonchev–Trinajstić information content (AvgIpc) is 3.29. The standard InChI is InChI=1S/C18H25N3O4S/c1-19-26(24,25)16-8-4-5-13(9-16)11-20-18(23)14-10-17(22)21(12-14)15-6-2-3-7-15/h4-5,8-9,14-15,19H,2-3,6-7,10-12H2,1H3,(H,20,23). The number of likely N-dealkylation sites (tertiary alicyclic amines) is 1. The second kappa shape index (κ2) is 7.75. The Morgan fingerprint density at radius 1 is 1.27 bits per heavy atom. The molecule has 2 aliphatic rings. The van der Waals surface area contributed by atoms with E-state index in [0.717, 1.165) is 25.7 Å². The van der Waals surface area contributed by atoms with Crippen molar-refractivity contribution in [2.45, 2.75) is 49.6 Å². The first-order chi connectivity index (χ1) is 12.4. The summed E-state index contributed by atoms with van der Waals surface area (Å²) in [4.78, 5) is 26.7. The molecule has 8 heteroatoms. The van der Waals surface area contributed by atoms with Crippen LogP contribution >= 0.6 is 0 Å². The Balaban J connectivity index is 1.58. The van der Waals surface area contributed by atoms with Crippen LogP contribution in [0.15, 0.2) is 29.2 Å². The van der Waals surface area contributed by atoms with E-state index in [4.69, 9.17) is 0 Å². The lowest BCUT2D eigenvalue weighted by molar-refractivity contribution is -0.130. The molecular formula is C18H25N3O4S. The number of amides is 2. The summed E-state index contributed by atoms with van der Waals surface area (Å²) in [5, 5.41) is 2.84. The summed E-state index contributed by atoms with van der Waals surface area (Å²) < 4.78 is 26.0. The van der Waals surface area contributed by atoms with Crippen LogP contribution in [-0.4, -0.2) is 44.8 Å². The normalized spacial score (nSPS) is 21.3. The van der Waals surface area contributed by atoms with Gasteiger partial charge in [-0.05, 0) is 37.6 Å². The van der Waals surface area contributed by atoms with E-state index in [2.05, 4.69) is 10.0 Å². The maximum Gasteiger partial charge on any atom is 0.240 e. The topological polar surface area (TPSA) is 95.6 Å². The number of nitrogens with one attached hydrogen (secondary N) is 2. The van der Waals surface area contributed by atoms with E-state index in [1.807, 2.05) is 4.90 Å². The number of benzene rings is 1. The Bertz CT molecular complexity index is 787. The highest BCUT2D eigenvalue weighted by Crippen LogP contribution is 2.29. The molecule has 2 amide bonds. The van der Waals surface area contributed by atoms with Gasteiger partial charge in [-0.2, -0.15) is 0 Å². The first-order valence-electron chi connectivity index (χ1n) is 9.00. The van der Waals surface area contributed by atoms with Crippen LogP contribution in [-0.2, 0) is 26.2 Å². The van der Waals surface area contributed by atoms with Crippen LogP contribution in [0.1, 0.15) is 37.7 Å². The molecule has 0 radical (unpaired) electrons. The van der Waals surface area contributed by atoms with E-state index in [0.29, 0.717) is 18.2 Å². The third-order valence-electron chi connectivity index (χ3n) is 5.24. The summed E-state index contributed by atoms with van der Waals surface area (Å²) in [5.41, 5.74) is 0.701. The zero-order valence-electron chi connectivity index (χ0n) is 14.9. The van der Waals surface area contributed by atoms with Crippen LogP contribution < -0.4 is 10.0 Å². The van der Waals surface area contributed by atoms with Crippen molar-refractivity contribution in [1.82, 2.24) is 14.9 Å². The molecule has 2 fully saturated rings. The molecule has 0 spiro atoms. The number of nitrogens with zero attached hydrogens (tertiary/aromatic N) is 1. The second-order valence-corrected chi connectivity index (χ2v) is 8.84. The van der Waals surface area contributed by atoms with Gasteiger partial charge in [-0.25, -0.2) is 13.1 Å². The Morgan fingerprint density at radius 2 is 2.00 bits per heavy atom. The lowest BCUT2D eigenvalue weighted by atomic mass is 10.1. The van der Waals surface area contributed by atoms with Gasteiger partial charge in [0.2, 0.25) is 21.8 Å². The van der Waals surface area contributed by atoms with Crippen molar-refractivity contribution in [3.8, 4) is 0 Å². The molecule has 1 aromatic carbocycles. The molecule has 1 aliphatic heterocycles. The quantitative estimate of drug-likeness (QED) is 0.771. The van der Waals surface area contributed by atoms with Gasteiger partial charge >= 0.3 is 0 Å². The highest BCUT2D eigenvalue weighted by Gasteiger charge is 2.38. The van der Waals surface area contributed by atoms with Gasteiger partial charge in [0.15, 0.2) is 0 Å². The average molecular weight is 379 g/mol. The molecule has 1 saturated carbocycles. The van der Waals surface area contributed by atoms with E-state index in [9.17, 15) is 18.0 Å². The Labute approximate surface area is 154 Å². The van der Waals surface area contributed by atoms with Gasteiger partial charge in [0.05, 0.1) is 10.8 Å². The van der Waals surface area contributed by atoms with Crippen LogP contribution in [0, 0.1) is 5.92 Å². The van der Waals surface area contributed by atoms with Crippen molar-refractivity contribution in [2.75, 3.05) is 13.6 Å². The third-order valence-corrected chi connectivity index (χ3v) is 6.65. The first kappa shape index (κ1) is 18.8. The predicted octanol–water partition coefficient (Wildman–Crippen LogP) is 1.00. The molecule has 7 nitrogen and oxygen atoms in total. The van der Waals surface area contributed by atoms with E-state index in [1.54, 1.807) is 12.1 Å². The molecule has 0 aromatic heterocycles. The summed E-state index contributed by atoms with van der Waals surface area (Å²) in [6, 6.07) is 6.75. The van der Waals surface area contributed by atoms with Gasteiger partial charge in [0.1, 0.15) is 0 Å². The van der Waals surface area contributed by atoms with Crippen LogP contribution in [0.25, 0.3) is 0 Å². The van der Waals surface area contributed by atoms with Crippen molar-refractivity contribution in [3.63, 3.8) is 0 Å². The fourth-order valence-electron chi connectivity index (χ4n) is 3.75. The number of carbonyl (C=O) groups is 2. The Morgan fingerprint density at radius 3 is 2.69 bits per heavy atom. The van der Waals surface area contributed by atoms with Crippen molar-refractivity contribution in [2.24, 2.45) is 5.92 Å². The molecule has 2 N–H and O–H groups in total. The number of sulfonamides is 1. The zero-order chi connectivity index (χ0) is 18.7. The molecule has 1 saturated heterocycles. The molecule has 3 rings (SSSR count). The smallest absolute Gasteiger partial charge is 0.240 e. The number of hydrogen-bond donors (Lipinski definition) is 2. The third kappa shape index (κ3) is 4.07. The lowest BCUT2D eigenvalue weighted by Crippen LogP contribution is -2.36. The van der Waals surface area contributed by atoms with Crippen molar-refractivity contribution in [1.29, 1.82) is 0 Å². The number of rotatable bonds is 6.